The summed E-state index contributed by atoms with van der Waals surface area (Å²) >= 11 is 5.66. The fourth-order valence-electron chi connectivity index (χ4n) is 5.90. The molecule has 0 N–H and O–H groups in total. The van der Waals surface area contributed by atoms with Crippen LogP contribution in [-0.4, -0.2) is 57.3 Å². The lowest BCUT2D eigenvalue weighted by Crippen LogP contribution is -2.46. The van der Waals surface area contributed by atoms with Gasteiger partial charge in [-0.15, -0.1) is 0 Å². The van der Waals surface area contributed by atoms with E-state index < -0.39 is 34.4 Å². The van der Waals surface area contributed by atoms with Gasteiger partial charge in [0, 0.05) is 18.2 Å². The minimum absolute atomic E-state index is 0.00259. The number of hydrogen-bond acceptors (Lipinski definition) is 7. The van der Waals surface area contributed by atoms with E-state index in [0.717, 1.165) is 41.9 Å². The summed E-state index contributed by atoms with van der Waals surface area (Å²) in [7, 11) is 0. The molecule has 3 heterocycles. The number of thiocarbonyl (C=S) groups is 1. The first kappa shape index (κ1) is 34.9. The number of pyridine rings is 1. The number of nitrogens with zero attached hydrogens (tertiary/aromatic N) is 5. The summed E-state index contributed by atoms with van der Waals surface area (Å²) in [5.74, 6) is 0.317. The van der Waals surface area contributed by atoms with Crippen molar-refractivity contribution in [2.24, 2.45) is 5.92 Å². The summed E-state index contributed by atoms with van der Waals surface area (Å²) in [4.78, 5) is 35.1. The zero-order valence-electron chi connectivity index (χ0n) is 27.2. The molecule has 0 saturated carbocycles. The molecular formula is C33H40F3N5O4S. The first-order valence-electron chi connectivity index (χ1n) is 15.3. The number of carbonyl (C=O) groups excluding carboxylic acids is 2. The number of alkyl halides is 3. The lowest BCUT2D eigenvalue weighted by Gasteiger charge is -2.38. The third kappa shape index (κ3) is 7.22. The summed E-state index contributed by atoms with van der Waals surface area (Å²) in [6.07, 6.45) is -0.491. The zero-order chi connectivity index (χ0) is 34.2. The molecule has 0 bridgehead atoms. The molecule has 2 saturated heterocycles. The van der Waals surface area contributed by atoms with E-state index in [2.05, 4.69) is 4.98 Å². The molecule has 2 aromatic rings. The van der Waals surface area contributed by atoms with E-state index >= 15 is 0 Å². The molecule has 0 radical (unpaired) electrons. The quantitative estimate of drug-likeness (QED) is 0.287. The molecule has 2 atom stereocenters. The number of likely N-dealkylation sites (tertiary alicyclic amines) is 1. The average molecular weight is 660 g/mol. The fourth-order valence-corrected chi connectivity index (χ4v) is 6.42. The summed E-state index contributed by atoms with van der Waals surface area (Å²) in [6.45, 7) is 13.9. The highest BCUT2D eigenvalue weighted by molar-refractivity contribution is 7.81. The molecule has 2 fully saturated rings. The minimum atomic E-state index is -4.79. The SMILES string of the molecule is CCc1cc(N2C(=S)N(c3ccc(C#N)c(C(F)(F)F)c3)C(=O)C2(C)C)cnc1OCC[C@@H]1CCN(C(=O)OC(C)(C)C)[C@@H](C)C1. The van der Waals surface area contributed by atoms with Gasteiger partial charge >= 0.3 is 12.3 Å². The normalized spacial score (nSPS) is 20.2. The number of benzene rings is 1. The van der Waals surface area contributed by atoms with Crippen LogP contribution in [-0.2, 0) is 22.1 Å². The molecule has 0 unspecified atom stereocenters. The molecule has 0 spiro atoms. The molecule has 248 valence electrons. The fraction of sp³-hybridized carbons (Fsp3) is 0.545. The Bertz CT molecular complexity index is 1550. The summed E-state index contributed by atoms with van der Waals surface area (Å²) in [6, 6.07) is 6.53. The summed E-state index contributed by atoms with van der Waals surface area (Å²) in [5, 5.41) is 9.18. The topological polar surface area (TPSA) is 99.0 Å². The molecule has 9 nitrogen and oxygen atoms in total. The van der Waals surface area contributed by atoms with Crippen molar-refractivity contribution in [3.05, 3.63) is 47.2 Å². The van der Waals surface area contributed by atoms with Crippen molar-refractivity contribution >= 4 is 40.7 Å². The zero-order valence-corrected chi connectivity index (χ0v) is 28.0. The highest BCUT2D eigenvalue weighted by Gasteiger charge is 2.51. The van der Waals surface area contributed by atoms with Crippen LogP contribution in [0.25, 0.3) is 0 Å². The number of ether oxygens (including phenoxy) is 2. The largest absolute Gasteiger partial charge is 0.477 e. The standard InChI is InChI=1S/C33H40F3N5O4S/c1-8-22-16-25(19-38-27(22)44-14-12-21-11-13-39(20(2)15-21)30(43)45-31(3,4)5)41-29(46)40(28(42)32(41,6)7)24-10-9-23(18-37)26(17-24)33(34,35)36/h9-10,16-17,19-21H,8,11-15H2,1-7H3/t20-,21-/m0/s1. The van der Waals surface area contributed by atoms with Gasteiger partial charge in [-0.05, 0) is 110 Å². The second-order valence-corrected chi connectivity index (χ2v) is 13.6. The highest BCUT2D eigenvalue weighted by atomic mass is 32.1. The van der Waals surface area contributed by atoms with Gasteiger partial charge in [-0.1, -0.05) is 6.92 Å². The predicted molar refractivity (Wildman–Crippen MR) is 172 cm³/mol. The third-order valence-electron chi connectivity index (χ3n) is 8.28. The minimum Gasteiger partial charge on any atom is -0.477 e. The van der Waals surface area contributed by atoms with Crippen LogP contribution < -0.4 is 14.5 Å². The van der Waals surface area contributed by atoms with Crippen molar-refractivity contribution in [3.63, 3.8) is 0 Å². The van der Waals surface area contributed by atoms with Crippen molar-refractivity contribution < 1.29 is 32.2 Å². The monoisotopic (exact) mass is 659 g/mol. The van der Waals surface area contributed by atoms with Crippen LogP contribution >= 0.6 is 12.2 Å². The summed E-state index contributed by atoms with van der Waals surface area (Å²) in [5.41, 5.74) is -2.25. The van der Waals surface area contributed by atoms with Gasteiger partial charge in [-0.2, -0.15) is 18.4 Å². The van der Waals surface area contributed by atoms with Gasteiger partial charge in [-0.3, -0.25) is 9.69 Å². The van der Waals surface area contributed by atoms with Crippen LogP contribution in [0.3, 0.4) is 0 Å². The molecule has 1 aromatic heterocycles. The van der Waals surface area contributed by atoms with E-state index in [9.17, 15) is 28.0 Å². The molecule has 4 rings (SSSR count). The van der Waals surface area contributed by atoms with E-state index in [1.54, 1.807) is 35.9 Å². The molecule has 0 aliphatic carbocycles. The molecule has 13 heteroatoms. The predicted octanol–water partition coefficient (Wildman–Crippen LogP) is 7.26. The van der Waals surface area contributed by atoms with Crippen LogP contribution in [0.1, 0.15) is 84.4 Å². The Labute approximate surface area is 273 Å². The summed E-state index contributed by atoms with van der Waals surface area (Å²) < 4.78 is 52.7. The smallest absolute Gasteiger partial charge is 0.417 e. The number of piperidine rings is 1. The van der Waals surface area contributed by atoms with Gasteiger partial charge < -0.3 is 19.3 Å². The number of aromatic nitrogens is 1. The lowest BCUT2D eigenvalue weighted by molar-refractivity contribution is -0.137. The number of aryl methyl sites for hydroxylation is 1. The van der Waals surface area contributed by atoms with Crippen molar-refractivity contribution in [3.8, 4) is 11.9 Å². The molecule has 1 aromatic carbocycles. The van der Waals surface area contributed by atoms with Crippen molar-refractivity contribution in [2.75, 3.05) is 23.0 Å². The molecular weight excluding hydrogens is 619 g/mol. The number of amides is 2. The third-order valence-corrected chi connectivity index (χ3v) is 8.65. The van der Waals surface area contributed by atoms with Gasteiger partial charge in [0.1, 0.15) is 11.1 Å². The van der Waals surface area contributed by atoms with Gasteiger partial charge in [0.2, 0.25) is 5.88 Å². The van der Waals surface area contributed by atoms with E-state index in [4.69, 9.17) is 21.7 Å². The van der Waals surface area contributed by atoms with Crippen molar-refractivity contribution in [1.82, 2.24) is 9.88 Å². The van der Waals surface area contributed by atoms with E-state index in [1.807, 2.05) is 40.7 Å². The van der Waals surface area contributed by atoms with Crippen molar-refractivity contribution in [1.29, 1.82) is 5.26 Å². The number of anilines is 2. The maximum absolute atomic E-state index is 13.7. The Morgan fingerprint density at radius 1 is 1.20 bits per heavy atom. The molecule has 2 aliphatic heterocycles. The number of nitriles is 1. The van der Waals surface area contributed by atoms with E-state index in [1.165, 1.54) is 6.07 Å². The molecule has 2 aliphatic rings. The van der Waals surface area contributed by atoms with E-state index in [-0.39, 0.29) is 22.9 Å². The highest BCUT2D eigenvalue weighted by Crippen LogP contribution is 2.40. The maximum Gasteiger partial charge on any atom is 0.417 e. The first-order valence-corrected chi connectivity index (χ1v) is 15.7. The van der Waals surface area contributed by atoms with Crippen LogP contribution in [0.2, 0.25) is 0 Å². The Hall–Kier alpha value is -3.92. The second kappa shape index (κ2) is 13.1. The van der Waals surface area contributed by atoms with Crippen LogP contribution in [0.15, 0.2) is 30.5 Å². The van der Waals surface area contributed by atoms with Gasteiger partial charge in [0.05, 0.1) is 41.4 Å². The number of halogens is 3. The van der Waals surface area contributed by atoms with Gasteiger partial charge in [0.25, 0.3) is 5.91 Å². The molecule has 46 heavy (non-hydrogen) atoms. The number of rotatable bonds is 7. The Balaban J connectivity index is 1.46. The average Bonchev–Trinajstić information content (AvgIpc) is 3.14. The number of hydrogen-bond donors (Lipinski definition) is 0. The first-order chi connectivity index (χ1) is 21.4. The van der Waals surface area contributed by atoms with Crippen LogP contribution in [0.4, 0.5) is 29.3 Å². The second-order valence-electron chi connectivity index (χ2n) is 13.2. The Kier molecular flexibility index (Phi) is 9.92. The van der Waals surface area contributed by atoms with Crippen LogP contribution in [0.5, 0.6) is 5.88 Å². The van der Waals surface area contributed by atoms with Gasteiger partial charge in [-0.25, -0.2) is 9.78 Å². The van der Waals surface area contributed by atoms with Crippen LogP contribution in [0, 0.1) is 17.2 Å². The van der Waals surface area contributed by atoms with E-state index in [0.29, 0.717) is 37.1 Å². The number of carbonyl (C=O) groups is 2. The Morgan fingerprint density at radius 2 is 1.89 bits per heavy atom. The maximum atomic E-state index is 13.7. The van der Waals surface area contributed by atoms with Crippen molar-refractivity contribution in [2.45, 2.75) is 97.5 Å². The molecule has 2 amide bonds. The van der Waals surface area contributed by atoms with Gasteiger partial charge in [0.15, 0.2) is 5.11 Å². The lowest BCUT2D eigenvalue weighted by atomic mass is 9.89. The Morgan fingerprint density at radius 3 is 2.48 bits per heavy atom.